The molecule has 1 nitrogen and oxygen atoms in total. The predicted octanol–water partition coefficient (Wildman–Crippen LogP) is 3.10. The van der Waals surface area contributed by atoms with Crippen LogP contribution in [0.3, 0.4) is 0 Å². The van der Waals surface area contributed by atoms with Crippen molar-refractivity contribution in [2.75, 3.05) is 0 Å². The van der Waals surface area contributed by atoms with Crippen LogP contribution in [0.1, 0.15) is 31.4 Å². The van der Waals surface area contributed by atoms with Crippen molar-refractivity contribution in [1.29, 1.82) is 0 Å². The van der Waals surface area contributed by atoms with E-state index in [0.29, 0.717) is 0 Å². The molecular weight excluding hydrogens is 160 g/mol. The van der Waals surface area contributed by atoms with Crippen molar-refractivity contribution in [3.05, 3.63) is 29.3 Å². The molecule has 0 aliphatic carbocycles. The zero-order chi connectivity index (χ0) is 9.47. The lowest BCUT2D eigenvalue weighted by Crippen LogP contribution is -2.28. The van der Waals surface area contributed by atoms with Crippen LogP contribution >= 0.6 is 0 Å². The van der Waals surface area contributed by atoms with Crippen LogP contribution in [0.5, 0.6) is 5.75 Å². The van der Waals surface area contributed by atoms with E-state index >= 15 is 0 Å². The topological polar surface area (TPSA) is 9.23 Å². The molecule has 1 heterocycles. The smallest absolute Gasteiger partial charge is 0.126 e. The summed E-state index contributed by atoms with van der Waals surface area (Å²) in [6, 6.07) is 6.39. The first-order chi connectivity index (χ1) is 6.14. The van der Waals surface area contributed by atoms with Crippen molar-refractivity contribution < 1.29 is 4.74 Å². The minimum atomic E-state index is 0.0362. The van der Waals surface area contributed by atoms with Gasteiger partial charge in [-0.1, -0.05) is 25.1 Å². The molecule has 1 aliphatic heterocycles. The number of aryl methyl sites for hydroxylation is 1. The van der Waals surface area contributed by atoms with Crippen LogP contribution in [0.2, 0.25) is 0 Å². The van der Waals surface area contributed by atoms with Crippen LogP contribution in [-0.4, -0.2) is 5.60 Å². The summed E-state index contributed by atoms with van der Waals surface area (Å²) in [4.78, 5) is 0. The quantitative estimate of drug-likeness (QED) is 0.639. The third kappa shape index (κ3) is 1.32. The summed E-state index contributed by atoms with van der Waals surface area (Å²) >= 11 is 0. The molecular formula is C12H16O. The molecule has 0 N–H and O–H groups in total. The van der Waals surface area contributed by atoms with Crippen molar-refractivity contribution in [2.24, 2.45) is 0 Å². The lowest BCUT2D eigenvalue weighted by Gasteiger charge is -2.21. The highest BCUT2D eigenvalue weighted by Crippen LogP contribution is 2.38. The van der Waals surface area contributed by atoms with E-state index in [4.69, 9.17) is 4.74 Å². The average molecular weight is 176 g/mol. The lowest BCUT2D eigenvalue weighted by molar-refractivity contribution is 0.111. The second-order valence-corrected chi connectivity index (χ2v) is 4.15. The summed E-state index contributed by atoms with van der Waals surface area (Å²) in [5.41, 5.74) is 2.66. The summed E-state index contributed by atoms with van der Waals surface area (Å²) < 4.78 is 5.97. The molecule has 1 aromatic rings. The molecule has 0 radical (unpaired) electrons. The molecule has 0 aromatic heterocycles. The Morgan fingerprint density at radius 3 is 2.85 bits per heavy atom. The Balaban J connectivity index is 2.40. The lowest BCUT2D eigenvalue weighted by atomic mass is 9.96. The van der Waals surface area contributed by atoms with Gasteiger partial charge in [0.05, 0.1) is 0 Å². The first kappa shape index (κ1) is 8.61. The molecule has 1 unspecified atom stereocenters. The molecule has 0 saturated carbocycles. The van der Waals surface area contributed by atoms with Crippen LogP contribution in [-0.2, 0) is 6.42 Å². The normalized spacial score (nSPS) is 25.5. The van der Waals surface area contributed by atoms with Gasteiger partial charge in [0.1, 0.15) is 11.4 Å². The van der Waals surface area contributed by atoms with Crippen LogP contribution in [0.15, 0.2) is 18.2 Å². The standard InChI is InChI=1S/C12H16O/c1-4-12(3)8-10-7-5-6-9(2)11(10)13-12/h5-7H,4,8H2,1-3H3. The second kappa shape index (κ2) is 2.76. The maximum Gasteiger partial charge on any atom is 0.126 e. The third-order valence-corrected chi connectivity index (χ3v) is 2.95. The number of para-hydroxylation sites is 1. The Bertz CT molecular complexity index is 330. The van der Waals surface area contributed by atoms with Gasteiger partial charge in [0.15, 0.2) is 0 Å². The monoisotopic (exact) mass is 176 g/mol. The van der Waals surface area contributed by atoms with Crippen molar-refractivity contribution in [3.8, 4) is 5.75 Å². The van der Waals surface area contributed by atoms with Gasteiger partial charge in [-0.2, -0.15) is 0 Å². The highest BCUT2D eigenvalue weighted by atomic mass is 16.5. The van der Waals surface area contributed by atoms with Gasteiger partial charge in [-0.15, -0.1) is 0 Å². The highest BCUT2D eigenvalue weighted by Gasteiger charge is 2.33. The van der Waals surface area contributed by atoms with Gasteiger partial charge in [0.2, 0.25) is 0 Å². The number of ether oxygens (including phenoxy) is 1. The summed E-state index contributed by atoms with van der Waals surface area (Å²) in [6.07, 6.45) is 2.13. The largest absolute Gasteiger partial charge is 0.487 e. The molecule has 0 fully saturated rings. The van der Waals surface area contributed by atoms with Gasteiger partial charge in [-0.25, -0.2) is 0 Å². The molecule has 0 spiro atoms. The molecule has 1 aliphatic rings. The molecule has 1 atom stereocenters. The van der Waals surface area contributed by atoms with E-state index in [-0.39, 0.29) is 5.60 Å². The minimum Gasteiger partial charge on any atom is -0.487 e. The maximum absolute atomic E-state index is 5.97. The van der Waals surface area contributed by atoms with Crippen molar-refractivity contribution in [3.63, 3.8) is 0 Å². The Kier molecular flexibility index (Phi) is 1.83. The first-order valence-corrected chi connectivity index (χ1v) is 4.92. The SMILES string of the molecule is CCC1(C)Cc2cccc(C)c2O1. The molecule has 13 heavy (non-hydrogen) atoms. The number of rotatable bonds is 1. The van der Waals surface area contributed by atoms with Gasteiger partial charge in [-0.3, -0.25) is 0 Å². The predicted molar refractivity (Wildman–Crippen MR) is 54.2 cm³/mol. The summed E-state index contributed by atoms with van der Waals surface area (Å²) in [6.45, 7) is 6.48. The van der Waals surface area contributed by atoms with Crippen LogP contribution in [0, 0.1) is 6.92 Å². The van der Waals surface area contributed by atoms with Gasteiger partial charge >= 0.3 is 0 Å². The average Bonchev–Trinajstić information content (AvgIpc) is 2.45. The van der Waals surface area contributed by atoms with E-state index in [9.17, 15) is 0 Å². The van der Waals surface area contributed by atoms with Gasteiger partial charge in [0, 0.05) is 6.42 Å². The molecule has 0 amide bonds. The molecule has 2 rings (SSSR count). The van der Waals surface area contributed by atoms with Crippen LogP contribution in [0.4, 0.5) is 0 Å². The van der Waals surface area contributed by atoms with Gasteiger partial charge in [0.25, 0.3) is 0 Å². The van der Waals surface area contributed by atoms with Crippen LogP contribution in [0.25, 0.3) is 0 Å². The maximum atomic E-state index is 5.97. The second-order valence-electron chi connectivity index (χ2n) is 4.15. The fourth-order valence-electron chi connectivity index (χ4n) is 1.88. The molecule has 70 valence electrons. The summed E-state index contributed by atoms with van der Waals surface area (Å²) in [5, 5.41) is 0. The zero-order valence-electron chi connectivity index (χ0n) is 8.55. The van der Waals surface area contributed by atoms with E-state index in [2.05, 4.69) is 39.0 Å². The third-order valence-electron chi connectivity index (χ3n) is 2.95. The van der Waals surface area contributed by atoms with Gasteiger partial charge in [-0.05, 0) is 31.4 Å². The van der Waals surface area contributed by atoms with E-state index < -0.39 is 0 Å². The fourth-order valence-corrected chi connectivity index (χ4v) is 1.88. The first-order valence-electron chi connectivity index (χ1n) is 4.92. The molecule has 0 bridgehead atoms. The zero-order valence-corrected chi connectivity index (χ0v) is 8.55. The summed E-state index contributed by atoms with van der Waals surface area (Å²) in [7, 11) is 0. The fraction of sp³-hybridized carbons (Fsp3) is 0.500. The Labute approximate surface area is 79.7 Å². The number of fused-ring (bicyclic) bond motifs is 1. The van der Waals surface area contributed by atoms with Crippen molar-refractivity contribution in [1.82, 2.24) is 0 Å². The number of benzene rings is 1. The molecule has 1 aromatic carbocycles. The Morgan fingerprint density at radius 1 is 1.46 bits per heavy atom. The van der Waals surface area contributed by atoms with Crippen molar-refractivity contribution >= 4 is 0 Å². The van der Waals surface area contributed by atoms with Gasteiger partial charge < -0.3 is 4.74 Å². The van der Waals surface area contributed by atoms with E-state index in [1.807, 2.05) is 0 Å². The molecule has 1 heteroatoms. The summed E-state index contributed by atoms with van der Waals surface area (Å²) in [5.74, 6) is 1.12. The number of hydrogen-bond donors (Lipinski definition) is 0. The Morgan fingerprint density at radius 2 is 2.23 bits per heavy atom. The molecule has 0 saturated heterocycles. The number of hydrogen-bond acceptors (Lipinski definition) is 1. The Hall–Kier alpha value is -0.980. The highest BCUT2D eigenvalue weighted by molar-refractivity contribution is 5.45. The van der Waals surface area contributed by atoms with E-state index in [1.165, 1.54) is 11.1 Å². The van der Waals surface area contributed by atoms with E-state index in [0.717, 1.165) is 18.6 Å². The van der Waals surface area contributed by atoms with E-state index in [1.54, 1.807) is 0 Å². The minimum absolute atomic E-state index is 0.0362. The van der Waals surface area contributed by atoms with Crippen LogP contribution < -0.4 is 4.74 Å². The van der Waals surface area contributed by atoms with Crippen molar-refractivity contribution in [2.45, 2.75) is 39.2 Å².